The van der Waals surface area contributed by atoms with E-state index in [9.17, 15) is 14.7 Å². The van der Waals surface area contributed by atoms with E-state index in [0.717, 1.165) is 116 Å². The molecule has 1 aromatic carbocycles. The molecule has 0 saturated carbocycles. The summed E-state index contributed by atoms with van der Waals surface area (Å²) in [6.07, 6.45) is 44.0. The molecule has 396 valence electrons. The summed E-state index contributed by atoms with van der Waals surface area (Å²) in [7, 11) is 2.24. The number of methoxy groups -OCH3 is 1. The van der Waals surface area contributed by atoms with E-state index in [1.807, 2.05) is 20.5 Å². The Labute approximate surface area is 442 Å². The molecule has 0 saturated heterocycles. The molecule has 0 aromatic heterocycles. The molecule has 1 aromatic rings. The molecule has 0 fully saturated rings. The summed E-state index contributed by atoms with van der Waals surface area (Å²) < 4.78 is 10.2. The number of phenols is 1. The van der Waals surface area contributed by atoms with Crippen LogP contribution >= 0.6 is 7.36 Å². The molecule has 0 radical (unpaired) electrons. The van der Waals surface area contributed by atoms with Gasteiger partial charge in [-0.15, -0.1) is 0 Å². The quantitative estimate of drug-likeness (QED) is 0.0255. The van der Waals surface area contributed by atoms with Crippen LogP contribution in [0.3, 0.4) is 0 Å². The smallest absolute Gasteiger partial charge is 0.322 e. The van der Waals surface area contributed by atoms with E-state index in [1.54, 1.807) is 6.92 Å². The second-order valence-corrected chi connectivity index (χ2v) is 21.7. The molecule has 0 bridgehead atoms. The Balaban J connectivity index is 0.0000159. The third-order valence-electron chi connectivity index (χ3n) is 13.1. The Kier molecular flexibility index (Phi) is 38.0. The minimum atomic E-state index is -0.679. The Morgan fingerprint density at radius 1 is 0.451 bits per heavy atom. The van der Waals surface area contributed by atoms with Crippen molar-refractivity contribution in [1.82, 2.24) is 0 Å². The van der Waals surface area contributed by atoms with Crippen molar-refractivity contribution in [3.05, 3.63) is 139 Å². The highest BCUT2D eigenvalue weighted by Crippen LogP contribution is 2.38. The SMILES string of the molecule is COC(=O)CC(=O)Oc1c(C)c(C)c(O)c(C/C=C(\C)CC/C=C(\C)CC/C=C(\C)CC/C=C(\C)CC/C=C(\C)CC/C=C(\C)CC/C=C(\C)CC/C=C(\C)CC/C=C(\C)CCC=C(C)C)c1C.CP=S. The van der Waals surface area contributed by atoms with Crippen LogP contribution in [0, 0.1) is 20.8 Å². The number of benzene rings is 1. The molecule has 0 amide bonds. The predicted octanol–water partition coefficient (Wildman–Crippen LogP) is 19.9. The second kappa shape index (κ2) is 40.4. The van der Waals surface area contributed by atoms with Crippen molar-refractivity contribution in [3.63, 3.8) is 0 Å². The minimum absolute atomic E-state index is 0.218. The van der Waals surface area contributed by atoms with Crippen LogP contribution in [0.25, 0.3) is 0 Å². The first-order valence-corrected chi connectivity index (χ1v) is 28.8. The van der Waals surface area contributed by atoms with E-state index in [-0.39, 0.29) is 5.75 Å². The van der Waals surface area contributed by atoms with Gasteiger partial charge in [0.1, 0.15) is 17.9 Å². The van der Waals surface area contributed by atoms with Gasteiger partial charge in [-0.3, -0.25) is 9.59 Å². The summed E-state index contributed by atoms with van der Waals surface area (Å²) in [6, 6.07) is 0. The molecule has 0 aliphatic heterocycles. The lowest BCUT2D eigenvalue weighted by molar-refractivity contribution is -0.148. The van der Waals surface area contributed by atoms with Crippen LogP contribution in [-0.4, -0.2) is 30.8 Å². The summed E-state index contributed by atoms with van der Waals surface area (Å²) in [5, 5.41) is 10.9. The van der Waals surface area contributed by atoms with Gasteiger partial charge >= 0.3 is 11.9 Å². The zero-order chi connectivity index (χ0) is 53.7. The Bertz CT molecular complexity index is 2130. The van der Waals surface area contributed by atoms with Gasteiger partial charge in [0.15, 0.2) is 0 Å². The third-order valence-corrected chi connectivity index (χ3v) is 13.1. The maximum atomic E-state index is 12.3. The van der Waals surface area contributed by atoms with Gasteiger partial charge in [-0.2, -0.15) is 0 Å². The summed E-state index contributed by atoms with van der Waals surface area (Å²) >= 11 is 4.37. The fraction of sp³-hybridized carbons (Fsp3) is 0.562. The summed E-state index contributed by atoms with van der Waals surface area (Å²) in [5.41, 5.74) is 17.4. The number of phenolic OH excluding ortho intramolecular Hbond substituents is 1. The third kappa shape index (κ3) is 34.0. The van der Waals surface area contributed by atoms with Crippen molar-refractivity contribution in [3.8, 4) is 11.5 Å². The van der Waals surface area contributed by atoms with Crippen LogP contribution in [0.1, 0.15) is 220 Å². The lowest BCUT2D eigenvalue weighted by Crippen LogP contribution is -2.16. The molecule has 7 heteroatoms. The first-order chi connectivity index (χ1) is 33.6. The van der Waals surface area contributed by atoms with Crippen LogP contribution in [0.15, 0.2) is 116 Å². The topological polar surface area (TPSA) is 72.8 Å². The number of ether oxygens (including phenoxy) is 2. The van der Waals surface area contributed by atoms with Crippen molar-refractivity contribution in [1.29, 1.82) is 0 Å². The molecule has 0 aliphatic carbocycles. The largest absolute Gasteiger partial charge is 0.507 e. The molecule has 0 spiro atoms. The van der Waals surface area contributed by atoms with Crippen LogP contribution in [0.4, 0.5) is 0 Å². The van der Waals surface area contributed by atoms with Gasteiger partial charge < -0.3 is 14.6 Å². The minimum Gasteiger partial charge on any atom is -0.507 e. The lowest BCUT2D eigenvalue weighted by atomic mass is 9.94. The maximum Gasteiger partial charge on any atom is 0.322 e. The molecule has 0 aliphatic rings. The number of hydrogen-bond donors (Lipinski definition) is 1. The average Bonchev–Trinajstić information content (AvgIpc) is 3.29. The highest BCUT2D eigenvalue weighted by atomic mass is 32.4. The van der Waals surface area contributed by atoms with Crippen molar-refractivity contribution in [2.45, 2.75) is 225 Å². The Hall–Kier alpha value is -4.12. The molecule has 1 N–H and O–H groups in total. The zero-order valence-electron chi connectivity index (χ0n) is 47.9. The van der Waals surface area contributed by atoms with Gasteiger partial charge in [0, 0.05) is 5.56 Å². The number of carbonyl (C=O) groups is 2. The van der Waals surface area contributed by atoms with Crippen LogP contribution in [0.5, 0.6) is 11.5 Å². The van der Waals surface area contributed by atoms with Crippen molar-refractivity contribution in [2.24, 2.45) is 0 Å². The summed E-state index contributed by atoms with van der Waals surface area (Å²) in [4.78, 5) is 23.9. The van der Waals surface area contributed by atoms with Crippen LogP contribution in [-0.2, 0) is 32.6 Å². The maximum absolute atomic E-state index is 12.3. The molecule has 0 unspecified atom stereocenters. The van der Waals surface area contributed by atoms with E-state index >= 15 is 0 Å². The Morgan fingerprint density at radius 2 is 0.718 bits per heavy atom. The monoisotopic (exact) mass is 1010 g/mol. The van der Waals surface area contributed by atoms with Crippen molar-refractivity contribution < 1.29 is 24.2 Å². The highest BCUT2D eigenvalue weighted by Gasteiger charge is 2.21. The molecule has 0 heterocycles. The zero-order valence-corrected chi connectivity index (χ0v) is 49.6. The van der Waals surface area contributed by atoms with E-state index < -0.39 is 18.4 Å². The van der Waals surface area contributed by atoms with Gasteiger partial charge in [0.2, 0.25) is 0 Å². The molecule has 0 atom stereocenters. The number of allylic oxidation sites excluding steroid dienone is 20. The van der Waals surface area contributed by atoms with Gasteiger partial charge in [0.25, 0.3) is 0 Å². The van der Waals surface area contributed by atoms with E-state index in [0.29, 0.717) is 28.9 Å². The number of carbonyl (C=O) groups excluding carboxylic acids is 2. The van der Waals surface area contributed by atoms with Gasteiger partial charge in [0.05, 0.1) is 7.11 Å². The predicted molar refractivity (Wildman–Crippen MR) is 315 cm³/mol. The van der Waals surface area contributed by atoms with Crippen molar-refractivity contribution in [2.75, 3.05) is 13.8 Å². The molecular weight excluding hydrogens is 912 g/mol. The van der Waals surface area contributed by atoms with Crippen LogP contribution in [0.2, 0.25) is 0 Å². The highest BCUT2D eigenvalue weighted by molar-refractivity contribution is 7.96. The standard InChI is InChI=1S/C63H96O5.CH3PS/c1-46(2)25-16-26-47(3)27-17-28-48(4)29-18-30-49(5)31-19-32-50(6)33-20-34-51(7)35-21-36-52(8)37-22-38-53(9)39-23-40-54(10)41-24-42-55(11)43-44-59-58(14)63(57(13)56(12)62(59)66)68-61(65)45-60(64)67-15;1-2-3/h25,27,29,31,33,35,37,39,41,43,66H,16-24,26,28,30,32,34,36,38,40,42,44-45H2,1-15H3;1H3/b47-27+,48-29+,49-31+,50-33+,51-35+,52-37+,53-39+,54-41+,55-43+;. The number of esters is 2. The normalized spacial score (nSPS) is 13.6. The van der Waals surface area contributed by atoms with Gasteiger partial charge in [-0.25, -0.2) is 0 Å². The lowest BCUT2D eigenvalue weighted by Gasteiger charge is -2.18. The fourth-order valence-corrected chi connectivity index (χ4v) is 8.07. The first kappa shape index (κ1) is 66.9. The number of rotatable bonds is 32. The summed E-state index contributed by atoms with van der Waals surface area (Å²) in [6.45, 7) is 32.0. The second-order valence-electron chi connectivity index (χ2n) is 20.2. The molecule has 5 nitrogen and oxygen atoms in total. The van der Waals surface area contributed by atoms with Gasteiger partial charge in [-0.05, 0) is 250 Å². The number of hydrogen-bond acceptors (Lipinski definition) is 6. The van der Waals surface area contributed by atoms with Crippen LogP contribution < -0.4 is 4.74 Å². The van der Waals surface area contributed by atoms with E-state index in [2.05, 4.69) is 153 Å². The molecular formula is C64H99O5PS. The van der Waals surface area contributed by atoms with Gasteiger partial charge in [-0.1, -0.05) is 128 Å². The fourth-order valence-electron chi connectivity index (χ4n) is 8.07. The number of aromatic hydroxyl groups is 1. The molecule has 71 heavy (non-hydrogen) atoms. The average molecular weight is 1010 g/mol. The van der Waals surface area contributed by atoms with Crippen molar-refractivity contribution >= 4 is 31.1 Å². The van der Waals surface area contributed by atoms with E-state index in [4.69, 9.17) is 4.74 Å². The Morgan fingerprint density at radius 3 is 0.986 bits per heavy atom. The first-order valence-electron chi connectivity index (χ1n) is 26.5. The van der Waals surface area contributed by atoms with E-state index in [1.165, 1.54) is 75.7 Å². The summed E-state index contributed by atoms with van der Waals surface area (Å²) in [5.74, 6) is -0.713. The molecule has 1 rings (SSSR count).